The summed E-state index contributed by atoms with van der Waals surface area (Å²) in [6.45, 7) is 9.25. The number of rotatable bonds is 28. The van der Waals surface area contributed by atoms with Crippen molar-refractivity contribution in [2.24, 2.45) is 25.9 Å². The van der Waals surface area contributed by atoms with Gasteiger partial charge in [-0.3, -0.25) is 39.6 Å². The number of amidine groups is 4. The number of morpholine rings is 3. The van der Waals surface area contributed by atoms with Crippen LogP contribution in [0.15, 0.2) is 225 Å². The lowest BCUT2D eigenvalue weighted by Gasteiger charge is -2.38. The number of carboxylic acids is 4. The van der Waals surface area contributed by atoms with Gasteiger partial charge >= 0.3 is 53.9 Å². The average molecular weight is 2200 g/mol. The van der Waals surface area contributed by atoms with Crippen molar-refractivity contribution in [3.8, 4) is 0 Å². The predicted molar refractivity (Wildman–Crippen MR) is 527 cm³/mol. The lowest BCUT2D eigenvalue weighted by atomic mass is 9.92. The Bertz CT molecular complexity index is 6650. The van der Waals surface area contributed by atoms with E-state index >= 15 is 0 Å². The Morgan fingerprint density at radius 2 is 0.816 bits per heavy atom. The molecule has 4 aromatic heterocycles. The van der Waals surface area contributed by atoms with Crippen LogP contribution in [0.2, 0.25) is 5.02 Å². The molecule has 0 unspecified atom stereocenters. The van der Waals surface area contributed by atoms with Gasteiger partial charge in [0, 0.05) is 180 Å². The number of benzene rings is 4. The number of aliphatic carboxylic acids is 4. The number of nitrogens with one attached hydrogen (secondary N) is 4. The summed E-state index contributed by atoms with van der Waals surface area (Å²) in [4.78, 5) is 139. The standard InChI is InChI=1S/C25H24F4N4O5S.C24H22BrF3N4O4S.C24H24ClFN4O5S.C24H25FN4O5S/c1-13-9-14(26)3-5-16(13)21-20(24(36)37-2)17(11-33-7-8-38-15(10-33)4-6-19(34)35)30-22(32-21)23-31-18(12-39-23)25(27,28)29;1-36-23(35)19-17(11-32-10-13(2-5-18(33)34)9-24(27,28)12-32)30-21(22-29-6-7-37-22)31-20(19)15-4-3-14(26)8-16(15)25;1-13-12-36-23(27-13)22-28-18(11-30-7-8-35-15(10-30)4-6-19(31)32)20(24(33)34-2)21(29-22)16-5-3-14(26)9-17(16)25;1-14-11-15(25)3-5-17(14)21-20(24(32)33-2)18(27-22(28-21)23-26-7-10-35-23)13-29-8-9-34-16(12-29)4-6-19(30)31/h3-6,9,12,15,21H,7-8,10-11H2,1-2H3,(H,30,32)(H,34,35);2-8,13,20H,9-12H2,1H3,(H,30,31)(H,33,34);3-6,9,12,15,21H,7-8,10-11H2,1-2H3,(H,28,29)(H,31,32);3-7,10-11,16,21H,8-9,12-13H2,1-2H3,(H,27,28)(H,30,31)/b6-4+;5-2+;2*6-4+/t15-,21+;13-,20-;15-,21+;16-,21+/m1011/s1. The molecule has 147 heavy (non-hydrogen) atoms. The minimum absolute atomic E-state index is 0.0162. The lowest BCUT2D eigenvalue weighted by Crippen LogP contribution is -2.49. The molecule has 16 rings (SSSR count). The first-order valence-corrected chi connectivity index (χ1v) is 49.4. The molecule has 35 nitrogen and oxygen atoms in total. The van der Waals surface area contributed by atoms with Gasteiger partial charge in [-0.25, -0.2) is 84.6 Å². The number of hydrogen-bond acceptors (Lipinski definition) is 35. The number of carbonyl (C=O) groups excluding carboxylic acids is 4. The molecule has 8 aromatic rings. The summed E-state index contributed by atoms with van der Waals surface area (Å²) >= 11 is 14.6. The van der Waals surface area contributed by atoms with E-state index in [4.69, 9.17) is 75.2 Å². The number of hydrogen-bond donors (Lipinski definition) is 8. The van der Waals surface area contributed by atoms with E-state index in [9.17, 15) is 77.9 Å². The first kappa shape index (κ1) is 111. The van der Waals surface area contributed by atoms with Crippen molar-refractivity contribution >= 4 is 144 Å². The smallest absolute Gasteiger partial charge is 0.434 e. The normalized spacial score (nSPS) is 21.1. The number of ether oxygens (including phenoxy) is 7. The third-order valence-corrected chi connectivity index (χ3v) is 27.6. The predicted octanol–water partition coefficient (Wildman–Crippen LogP) is 13.2. The molecule has 8 aliphatic rings. The van der Waals surface area contributed by atoms with E-state index in [1.165, 1.54) is 158 Å². The van der Waals surface area contributed by atoms with Crippen LogP contribution in [-0.2, 0) is 77.7 Å². The van der Waals surface area contributed by atoms with Gasteiger partial charge in [-0.2, -0.15) is 13.2 Å². The Kier molecular flexibility index (Phi) is 38.1. The van der Waals surface area contributed by atoms with E-state index in [2.05, 4.69) is 72.0 Å². The van der Waals surface area contributed by atoms with Crippen molar-refractivity contribution in [2.75, 3.05) is 127 Å². The number of thiazole rings is 4. The van der Waals surface area contributed by atoms with E-state index in [0.717, 1.165) is 46.7 Å². The van der Waals surface area contributed by atoms with Gasteiger partial charge in [-0.1, -0.05) is 57.9 Å². The number of nitrogens with zero attached hydrogens (tertiary/aromatic N) is 12. The quantitative estimate of drug-likeness (QED) is 0.00977. The van der Waals surface area contributed by atoms with Crippen LogP contribution in [0.1, 0.15) is 95.4 Å². The third-order valence-electron chi connectivity index (χ3n) is 23.2. The summed E-state index contributed by atoms with van der Waals surface area (Å²) < 4.78 is 162. The van der Waals surface area contributed by atoms with Crippen LogP contribution in [0.4, 0.5) is 39.5 Å². The van der Waals surface area contributed by atoms with Crippen LogP contribution in [0, 0.1) is 50.0 Å². The zero-order valence-electron chi connectivity index (χ0n) is 79.0. The van der Waals surface area contributed by atoms with E-state index in [0.29, 0.717) is 152 Å². The summed E-state index contributed by atoms with van der Waals surface area (Å²) in [5.74, 6) is -11.4. The lowest BCUT2D eigenvalue weighted by molar-refractivity contribution is -0.141. The summed E-state index contributed by atoms with van der Waals surface area (Å²) in [6.07, 6.45) is 6.37. The maximum atomic E-state index is 14.6. The number of aromatic nitrogens is 4. The molecule has 4 aromatic carbocycles. The number of esters is 4. The largest absolute Gasteiger partial charge is 0.478 e. The van der Waals surface area contributed by atoms with Crippen LogP contribution in [-0.4, -0.2) is 282 Å². The molecule has 12 heterocycles. The third kappa shape index (κ3) is 29.7. The highest BCUT2D eigenvalue weighted by atomic mass is 79.9. The number of piperidine rings is 1. The van der Waals surface area contributed by atoms with E-state index < -0.39 is 144 Å². The van der Waals surface area contributed by atoms with E-state index in [1.54, 1.807) is 37.7 Å². The highest BCUT2D eigenvalue weighted by Gasteiger charge is 2.45. The van der Waals surface area contributed by atoms with Gasteiger partial charge < -0.3 is 74.9 Å². The SMILES string of the molecule is COC(=O)C1=C(CN2CCO[C@H](/C=C/C(=O)O)C2)NC(c2nc(C(F)(F)F)cs2)=N[C@H]1c1ccc(F)cc1C.COC(=O)C1=C(CN2CCO[C@H](/C=C/C(=O)O)C2)NC(c2nc(C)cs2)=N[C@H]1c1ccc(F)cc1Cl.COC(=O)C1=C(CN2CCO[C@H](/C=C/C(=O)O)C2)NC(c2nccs2)=N[C@H]1c1ccc(F)cc1C.COC(=O)C1=C(CN2C[C@@H](/C=C/C(=O)O)CC(F)(F)C2)NC(c2nccs2)=N[C@H]1c1ccc(F)cc1Br. The number of carbonyl (C=O) groups is 8. The van der Waals surface area contributed by atoms with Gasteiger partial charge in [-0.15, -0.1) is 45.3 Å². The second-order valence-corrected chi connectivity index (χ2v) is 38.4. The first-order valence-electron chi connectivity index (χ1n) is 44.7. The fourth-order valence-electron chi connectivity index (χ4n) is 16.8. The van der Waals surface area contributed by atoms with Gasteiger partial charge in [0.15, 0.2) is 49.1 Å². The van der Waals surface area contributed by atoms with Crippen molar-refractivity contribution in [3.05, 3.63) is 298 Å². The van der Waals surface area contributed by atoms with Crippen LogP contribution in [0.25, 0.3) is 0 Å². The van der Waals surface area contributed by atoms with Crippen molar-refractivity contribution in [3.63, 3.8) is 0 Å². The maximum absolute atomic E-state index is 14.6. The molecule has 0 radical (unpaired) electrons. The maximum Gasteiger partial charge on any atom is 0.434 e. The fourth-order valence-corrected chi connectivity index (χ4v) is 20.3. The Morgan fingerprint density at radius 3 is 1.16 bits per heavy atom. The fraction of sp³-hybridized carbons (Fsp3) is 0.340. The molecule has 4 saturated heterocycles. The molecular weight excluding hydrogens is 2110 g/mol. The van der Waals surface area contributed by atoms with Crippen molar-refractivity contribution in [1.82, 2.24) is 60.8 Å². The highest BCUT2D eigenvalue weighted by Crippen LogP contribution is 2.44. The molecular formula is C97H95BrClF9N16O19S4. The zero-order valence-corrected chi connectivity index (χ0v) is 84.6. The molecule has 8 N–H and O–H groups in total. The summed E-state index contributed by atoms with van der Waals surface area (Å²) in [5, 5.41) is 56.5. The molecule has 0 saturated carbocycles. The zero-order chi connectivity index (χ0) is 106. The second kappa shape index (κ2) is 50.5. The minimum Gasteiger partial charge on any atom is -0.478 e. The number of halogens is 11. The Hall–Kier alpha value is -13.2. The first-order chi connectivity index (χ1) is 70.1. The summed E-state index contributed by atoms with van der Waals surface area (Å²) in [5.41, 5.74) is 5.43. The topological polar surface area (TPSA) is 444 Å². The Labute approximate surface area is 863 Å². The Balaban J connectivity index is 0.000000164. The molecule has 8 aliphatic heterocycles. The summed E-state index contributed by atoms with van der Waals surface area (Å²) in [7, 11) is 4.98. The van der Waals surface area contributed by atoms with Crippen LogP contribution < -0.4 is 21.3 Å². The molecule has 50 heteroatoms. The van der Waals surface area contributed by atoms with Crippen molar-refractivity contribution in [1.29, 1.82) is 0 Å². The van der Waals surface area contributed by atoms with E-state index in [-0.39, 0.29) is 76.9 Å². The van der Waals surface area contributed by atoms with Crippen molar-refractivity contribution in [2.45, 2.75) is 81.8 Å². The number of likely N-dealkylation sites (tertiary alicyclic amines) is 1. The highest BCUT2D eigenvalue weighted by molar-refractivity contribution is 9.10. The molecule has 0 bridgehead atoms. The van der Waals surface area contributed by atoms with E-state index in [1.807, 2.05) is 27.5 Å². The average Bonchev–Trinajstić information content (AvgIpc) is 1.46. The van der Waals surface area contributed by atoms with Gasteiger partial charge in [0.2, 0.25) is 0 Å². The number of aryl methyl sites for hydroxylation is 3. The van der Waals surface area contributed by atoms with Gasteiger partial charge in [0.1, 0.15) is 47.4 Å². The van der Waals surface area contributed by atoms with Gasteiger partial charge in [0.05, 0.1) is 95.4 Å². The molecule has 4 fully saturated rings. The minimum atomic E-state index is -4.65. The number of carboxylic acid groups (broad SMARTS) is 4. The van der Waals surface area contributed by atoms with Gasteiger partial charge in [-0.05, 0) is 121 Å². The number of aliphatic imine (C=N–C) groups is 4. The molecule has 0 aliphatic carbocycles. The molecule has 0 amide bonds. The van der Waals surface area contributed by atoms with Crippen molar-refractivity contribution < 1.29 is 131 Å². The number of methoxy groups -OCH3 is 4. The van der Waals surface area contributed by atoms with Crippen LogP contribution in [0.5, 0.6) is 0 Å². The molecule has 0 spiro atoms. The monoisotopic (exact) mass is 2200 g/mol. The number of alkyl halides is 5. The summed E-state index contributed by atoms with van der Waals surface area (Å²) in [6, 6.07) is 12.7. The van der Waals surface area contributed by atoms with Crippen LogP contribution >= 0.6 is 72.9 Å². The van der Waals surface area contributed by atoms with Crippen LogP contribution in [0.3, 0.4) is 0 Å². The molecule has 778 valence electrons. The van der Waals surface area contributed by atoms with Gasteiger partial charge in [0.25, 0.3) is 5.92 Å². The molecule has 8 atom stereocenters. The second-order valence-electron chi connectivity index (χ2n) is 33.6. The Morgan fingerprint density at radius 1 is 0.469 bits per heavy atom.